The van der Waals surface area contributed by atoms with Gasteiger partial charge in [0.05, 0.1) is 10.0 Å². The number of hydrogen-bond donors (Lipinski definition) is 0. The molecule has 0 bridgehead atoms. The van der Waals surface area contributed by atoms with E-state index in [9.17, 15) is 0 Å². The summed E-state index contributed by atoms with van der Waals surface area (Å²) in [7, 11) is 0. The van der Waals surface area contributed by atoms with Gasteiger partial charge in [-0.2, -0.15) is 0 Å². The van der Waals surface area contributed by atoms with E-state index in [1.165, 1.54) is 5.56 Å². The maximum atomic E-state index is 6.13. The topological polar surface area (TPSA) is 31.4 Å². The van der Waals surface area contributed by atoms with Gasteiger partial charge in [0, 0.05) is 12.3 Å². The van der Waals surface area contributed by atoms with Crippen molar-refractivity contribution in [2.75, 3.05) is 13.2 Å². The van der Waals surface area contributed by atoms with Crippen LogP contribution >= 0.6 is 23.2 Å². The summed E-state index contributed by atoms with van der Waals surface area (Å²) in [6.45, 7) is 9.07. The first-order valence-electron chi connectivity index (χ1n) is 7.45. The Morgan fingerprint density at radius 1 is 1.00 bits per heavy atom. The second-order valence-corrected chi connectivity index (χ2v) is 7.20. The van der Waals surface area contributed by atoms with Gasteiger partial charge in [-0.1, -0.05) is 50.0 Å². The molecule has 0 radical (unpaired) electrons. The quantitative estimate of drug-likeness (QED) is 0.669. The number of hydrogen-bond acceptors (Lipinski definition) is 3. The minimum atomic E-state index is 0.0770. The smallest absolute Gasteiger partial charge is 0.213 e. The maximum absolute atomic E-state index is 6.13. The van der Waals surface area contributed by atoms with Crippen molar-refractivity contribution in [2.24, 2.45) is 0 Å². The summed E-state index contributed by atoms with van der Waals surface area (Å²) >= 11 is 12.3. The van der Waals surface area contributed by atoms with Crippen molar-refractivity contribution in [1.82, 2.24) is 4.98 Å². The lowest BCUT2D eigenvalue weighted by atomic mass is 9.88. The van der Waals surface area contributed by atoms with E-state index in [0.717, 1.165) is 5.56 Å². The number of benzene rings is 1. The van der Waals surface area contributed by atoms with Crippen LogP contribution in [-0.2, 0) is 5.41 Å². The van der Waals surface area contributed by atoms with E-state index in [1.807, 2.05) is 37.4 Å². The molecule has 0 fully saturated rings. The molecule has 5 heteroatoms. The largest absolute Gasteiger partial charge is 0.487 e. The van der Waals surface area contributed by atoms with Gasteiger partial charge in [0.25, 0.3) is 0 Å². The minimum Gasteiger partial charge on any atom is -0.487 e. The van der Waals surface area contributed by atoms with Gasteiger partial charge < -0.3 is 9.47 Å². The molecule has 0 aliphatic rings. The van der Waals surface area contributed by atoms with Crippen molar-refractivity contribution in [3.05, 3.63) is 51.6 Å². The highest BCUT2D eigenvalue weighted by atomic mass is 35.5. The summed E-state index contributed by atoms with van der Waals surface area (Å²) in [5, 5.41) is 1.00. The van der Waals surface area contributed by atoms with Crippen LogP contribution in [0.1, 0.15) is 31.9 Å². The summed E-state index contributed by atoms with van der Waals surface area (Å²) in [6.07, 6.45) is 1.84. The summed E-state index contributed by atoms with van der Waals surface area (Å²) in [4.78, 5) is 4.31. The second-order valence-electron chi connectivity index (χ2n) is 6.39. The fraction of sp³-hybridized carbons (Fsp3) is 0.389. The molecule has 0 aliphatic carbocycles. The summed E-state index contributed by atoms with van der Waals surface area (Å²) < 4.78 is 11.2. The van der Waals surface area contributed by atoms with E-state index < -0.39 is 0 Å². The van der Waals surface area contributed by atoms with E-state index >= 15 is 0 Å². The van der Waals surface area contributed by atoms with Crippen LogP contribution in [0.15, 0.2) is 30.5 Å². The van der Waals surface area contributed by atoms with Crippen molar-refractivity contribution in [1.29, 1.82) is 0 Å². The number of ether oxygens (including phenoxy) is 2. The van der Waals surface area contributed by atoms with Crippen molar-refractivity contribution in [3.8, 4) is 11.6 Å². The monoisotopic (exact) mass is 353 g/mol. The molecular formula is C18H21Cl2NO2. The molecule has 0 atom stereocenters. The molecule has 3 nitrogen and oxygen atoms in total. The van der Waals surface area contributed by atoms with Crippen LogP contribution in [0.4, 0.5) is 0 Å². The lowest BCUT2D eigenvalue weighted by Crippen LogP contribution is -2.13. The molecule has 2 rings (SSSR count). The fourth-order valence-corrected chi connectivity index (χ4v) is 2.73. The number of pyridine rings is 1. The van der Waals surface area contributed by atoms with Crippen LogP contribution in [0.5, 0.6) is 11.6 Å². The first-order chi connectivity index (χ1) is 10.8. The lowest BCUT2D eigenvalue weighted by Gasteiger charge is -2.18. The molecule has 1 aromatic carbocycles. The molecule has 0 N–H and O–H groups in total. The number of aryl methyl sites for hydroxylation is 1. The van der Waals surface area contributed by atoms with Crippen LogP contribution in [0.2, 0.25) is 10.0 Å². The minimum absolute atomic E-state index is 0.0770. The number of halogens is 2. The molecule has 0 amide bonds. The molecule has 0 unspecified atom stereocenters. The Kier molecular flexibility index (Phi) is 5.77. The molecule has 1 heterocycles. The van der Waals surface area contributed by atoms with E-state index in [2.05, 4.69) is 25.8 Å². The Bertz CT molecular complexity index is 641. The summed E-state index contributed by atoms with van der Waals surface area (Å²) in [6, 6.07) is 7.52. The molecule has 0 saturated heterocycles. The highest BCUT2D eigenvalue weighted by molar-refractivity contribution is 6.37. The highest BCUT2D eigenvalue weighted by Crippen LogP contribution is 2.33. The summed E-state index contributed by atoms with van der Waals surface area (Å²) in [5.41, 5.74) is 2.24. The Balaban J connectivity index is 1.86. The fourth-order valence-electron chi connectivity index (χ4n) is 2.02. The number of rotatable bonds is 5. The first kappa shape index (κ1) is 17.9. The normalized spacial score (nSPS) is 11.4. The zero-order valence-corrected chi connectivity index (χ0v) is 15.3. The second kappa shape index (κ2) is 7.41. The van der Waals surface area contributed by atoms with E-state index in [1.54, 1.807) is 0 Å². The first-order valence-corrected chi connectivity index (χ1v) is 8.21. The van der Waals surface area contributed by atoms with Gasteiger partial charge in [-0.05, 0) is 35.6 Å². The Labute approximate surface area is 147 Å². The Morgan fingerprint density at radius 3 is 2.13 bits per heavy atom. The van der Waals surface area contributed by atoms with Crippen LogP contribution < -0.4 is 9.47 Å². The number of aromatic nitrogens is 1. The van der Waals surface area contributed by atoms with Crippen molar-refractivity contribution in [2.45, 2.75) is 33.1 Å². The van der Waals surface area contributed by atoms with Crippen LogP contribution in [0, 0.1) is 6.92 Å². The third-order valence-electron chi connectivity index (χ3n) is 3.32. The van der Waals surface area contributed by atoms with Gasteiger partial charge in [-0.3, -0.25) is 0 Å². The van der Waals surface area contributed by atoms with Gasteiger partial charge >= 0.3 is 0 Å². The van der Waals surface area contributed by atoms with E-state index in [0.29, 0.717) is 34.9 Å². The lowest BCUT2D eigenvalue weighted by molar-refractivity contribution is 0.212. The zero-order valence-electron chi connectivity index (χ0n) is 13.8. The zero-order chi connectivity index (χ0) is 17.0. The summed E-state index contributed by atoms with van der Waals surface area (Å²) in [5.74, 6) is 1.06. The predicted octanol–water partition coefficient (Wildman–Crippen LogP) is 5.45. The van der Waals surface area contributed by atoms with Crippen molar-refractivity contribution >= 4 is 23.2 Å². The predicted molar refractivity (Wildman–Crippen MR) is 95.1 cm³/mol. The molecule has 124 valence electrons. The van der Waals surface area contributed by atoms with E-state index in [-0.39, 0.29) is 5.41 Å². The Morgan fingerprint density at radius 2 is 1.61 bits per heavy atom. The Hall–Kier alpha value is -1.45. The average molecular weight is 354 g/mol. The van der Waals surface area contributed by atoms with Gasteiger partial charge in [0.15, 0.2) is 5.75 Å². The van der Waals surface area contributed by atoms with Gasteiger partial charge in [0.2, 0.25) is 5.88 Å². The van der Waals surface area contributed by atoms with Gasteiger partial charge in [0.1, 0.15) is 13.2 Å². The van der Waals surface area contributed by atoms with Crippen molar-refractivity contribution < 1.29 is 9.47 Å². The standard InChI is InChI=1S/C18H21Cl2NO2/c1-12-9-14(19)17(15(20)10-12)23-8-7-22-16-6-5-13(11-21-16)18(2,3)4/h5-6,9-11H,7-8H2,1-4H3. The highest BCUT2D eigenvalue weighted by Gasteiger charge is 2.14. The molecule has 0 aliphatic heterocycles. The third-order valence-corrected chi connectivity index (χ3v) is 3.89. The maximum Gasteiger partial charge on any atom is 0.213 e. The van der Waals surface area contributed by atoms with Gasteiger partial charge in [-0.25, -0.2) is 4.98 Å². The average Bonchev–Trinajstić information content (AvgIpc) is 2.45. The molecule has 0 saturated carbocycles. The van der Waals surface area contributed by atoms with Gasteiger partial charge in [-0.15, -0.1) is 0 Å². The number of nitrogens with zero attached hydrogens (tertiary/aromatic N) is 1. The molecule has 1 aromatic heterocycles. The van der Waals surface area contributed by atoms with Crippen molar-refractivity contribution in [3.63, 3.8) is 0 Å². The van der Waals surface area contributed by atoms with Crippen LogP contribution in [0.25, 0.3) is 0 Å². The molecular weight excluding hydrogens is 333 g/mol. The third kappa shape index (κ3) is 5.02. The SMILES string of the molecule is Cc1cc(Cl)c(OCCOc2ccc(C(C)(C)C)cn2)c(Cl)c1. The van der Waals surface area contributed by atoms with Crippen LogP contribution in [0.3, 0.4) is 0 Å². The van der Waals surface area contributed by atoms with E-state index in [4.69, 9.17) is 32.7 Å². The molecule has 0 spiro atoms. The molecule has 2 aromatic rings. The van der Waals surface area contributed by atoms with Crippen LogP contribution in [-0.4, -0.2) is 18.2 Å². The molecule has 23 heavy (non-hydrogen) atoms.